The van der Waals surface area contributed by atoms with E-state index in [0.29, 0.717) is 5.69 Å². The number of carbonyl (C=O) groups excluding carboxylic acids is 1. The number of pyridine rings is 1. The van der Waals surface area contributed by atoms with Crippen molar-refractivity contribution < 1.29 is 4.79 Å². The molecule has 2 rings (SSSR count). The Labute approximate surface area is 98.9 Å². The third-order valence-corrected chi connectivity index (χ3v) is 2.33. The van der Waals surface area contributed by atoms with Crippen molar-refractivity contribution >= 4 is 16.8 Å². The van der Waals surface area contributed by atoms with Gasteiger partial charge in [0.15, 0.2) is 0 Å². The molecule has 0 atom stereocenters. The zero-order chi connectivity index (χ0) is 11.4. The summed E-state index contributed by atoms with van der Waals surface area (Å²) in [6.07, 6.45) is 0.169. The van der Waals surface area contributed by atoms with Gasteiger partial charge < -0.3 is 0 Å². The van der Waals surface area contributed by atoms with Crippen LogP contribution in [0.25, 0.3) is 11.3 Å². The molecule has 0 amide bonds. The van der Waals surface area contributed by atoms with E-state index in [9.17, 15) is 4.79 Å². The molecule has 2 aromatic rings. The van der Waals surface area contributed by atoms with Gasteiger partial charge in [0.1, 0.15) is 0 Å². The first-order valence-electron chi connectivity index (χ1n) is 4.95. The van der Waals surface area contributed by atoms with Crippen molar-refractivity contribution in [2.24, 2.45) is 0 Å². The summed E-state index contributed by atoms with van der Waals surface area (Å²) >= 11 is 5.33. The van der Waals surface area contributed by atoms with E-state index in [0.717, 1.165) is 11.3 Å². The number of rotatable bonds is 3. The zero-order valence-electron chi connectivity index (χ0n) is 8.56. The van der Waals surface area contributed by atoms with Gasteiger partial charge in [-0.15, -0.1) is 0 Å². The van der Waals surface area contributed by atoms with Crippen LogP contribution in [0.2, 0.25) is 0 Å². The van der Waals surface area contributed by atoms with Gasteiger partial charge >= 0.3 is 0 Å². The minimum atomic E-state index is -0.391. The fourth-order valence-corrected chi connectivity index (χ4v) is 1.63. The Bertz CT molecular complexity index is 496. The Kier molecular flexibility index (Phi) is 3.32. The van der Waals surface area contributed by atoms with E-state index in [1.54, 1.807) is 6.07 Å². The molecule has 16 heavy (non-hydrogen) atoms. The second kappa shape index (κ2) is 4.90. The van der Waals surface area contributed by atoms with E-state index >= 15 is 0 Å². The van der Waals surface area contributed by atoms with Gasteiger partial charge in [0.05, 0.1) is 12.1 Å². The Morgan fingerprint density at radius 2 is 1.81 bits per heavy atom. The van der Waals surface area contributed by atoms with Gasteiger partial charge in [-0.05, 0) is 23.7 Å². The maximum atomic E-state index is 10.8. The summed E-state index contributed by atoms with van der Waals surface area (Å²) in [5.41, 5.74) is 2.59. The summed E-state index contributed by atoms with van der Waals surface area (Å²) in [5, 5.41) is -0.391. The molecule has 0 spiro atoms. The van der Waals surface area contributed by atoms with Gasteiger partial charge in [-0.1, -0.05) is 36.4 Å². The van der Waals surface area contributed by atoms with Crippen LogP contribution in [0.5, 0.6) is 0 Å². The van der Waals surface area contributed by atoms with E-state index in [-0.39, 0.29) is 6.42 Å². The normalized spacial score (nSPS) is 10.1. The molecule has 1 heterocycles. The molecule has 0 saturated carbocycles. The molecule has 0 N–H and O–H groups in total. The Balaban J connectivity index is 2.33. The summed E-state index contributed by atoms with van der Waals surface area (Å²) in [4.78, 5) is 15.2. The van der Waals surface area contributed by atoms with Crippen LogP contribution >= 0.6 is 11.6 Å². The van der Waals surface area contributed by atoms with Crippen molar-refractivity contribution in [2.45, 2.75) is 6.42 Å². The monoisotopic (exact) mass is 231 g/mol. The fraction of sp³-hybridized carbons (Fsp3) is 0.0769. The summed E-state index contributed by atoms with van der Waals surface area (Å²) in [5.74, 6) is 0. The van der Waals surface area contributed by atoms with Crippen molar-refractivity contribution in [2.75, 3.05) is 0 Å². The smallest absolute Gasteiger partial charge is 0.227 e. The molecule has 0 bridgehead atoms. The van der Waals surface area contributed by atoms with Gasteiger partial charge in [-0.3, -0.25) is 9.78 Å². The zero-order valence-corrected chi connectivity index (χ0v) is 9.32. The lowest BCUT2D eigenvalue weighted by Crippen LogP contribution is -1.97. The van der Waals surface area contributed by atoms with Crippen LogP contribution in [-0.4, -0.2) is 10.2 Å². The topological polar surface area (TPSA) is 30.0 Å². The van der Waals surface area contributed by atoms with Crippen LogP contribution in [0.3, 0.4) is 0 Å². The average Bonchev–Trinajstić information content (AvgIpc) is 2.30. The number of nitrogens with zero attached hydrogens (tertiary/aromatic N) is 1. The molecule has 0 aliphatic carbocycles. The van der Waals surface area contributed by atoms with Crippen molar-refractivity contribution in [1.29, 1.82) is 0 Å². The number of benzene rings is 1. The second-order valence-electron chi connectivity index (χ2n) is 3.41. The highest BCUT2D eigenvalue weighted by molar-refractivity contribution is 6.63. The molecular weight excluding hydrogens is 222 g/mol. The lowest BCUT2D eigenvalue weighted by molar-refractivity contribution is -0.111. The van der Waals surface area contributed by atoms with Gasteiger partial charge in [-0.25, -0.2) is 0 Å². The van der Waals surface area contributed by atoms with Gasteiger partial charge in [0, 0.05) is 11.3 Å². The lowest BCUT2D eigenvalue weighted by atomic mass is 10.1. The van der Waals surface area contributed by atoms with Crippen molar-refractivity contribution in [3.8, 4) is 11.3 Å². The number of aromatic nitrogens is 1. The molecule has 80 valence electrons. The highest BCUT2D eigenvalue weighted by atomic mass is 35.5. The number of carbonyl (C=O) groups is 1. The molecule has 2 nitrogen and oxygen atoms in total. The van der Waals surface area contributed by atoms with E-state index < -0.39 is 5.24 Å². The van der Waals surface area contributed by atoms with Crippen LogP contribution in [0.1, 0.15) is 5.69 Å². The molecule has 0 radical (unpaired) electrons. The Hall–Kier alpha value is -1.67. The maximum Gasteiger partial charge on any atom is 0.227 e. The summed E-state index contributed by atoms with van der Waals surface area (Å²) in [6.45, 7) is 0. The molecule has 0 aliphatic heterocycles. The summed E-state index contributed by atoms with van der Waals surface area (Å²) < 4.78 is 0. The van der Waals surface area contributed by atoms with E-state index in [4.69, 9.17) is 11.6 Å². The molecule has 0 saturated heterocycles. The first kappa shape index (κ1) is 10.8. The van der Waals surface area contributed by atoms with Crippen molar-refractivity contribution in [3.05, 3.63) is 54.2 Å². The van der Waals surface area contributed by atoms with E-state index in [2.05, 4.69) is 4.98 Å². The predicted octanol–water partition coefficient (Wildman–Crippen LogP) is 3.06. The standard InChI is InChI=1S/C13H10ClNO/c14-13(16)9-11-7-4-8-12(15-11)10-5-2-1-3-6-10/h1-8H,9H2. The molecular formula is C13H10ClNO. The van der Waals surface area contributed by atoms with Crippen LogP contribution in [0.4, 0.5) is 0 Å². The molecule has 3 heteroatoms. The summed E-state index contributed by atoms with van der Waals surface area (Å²) in [6, 6.07) is 15.4. The average molecular weight is 232 g/mol. The first-order chi connectivity index (χ1) is 7.75. The third-order valence-electron chi connectivity index (χ3n) is 2.20. The largest absolute Gasteiger partial charge is 0.281 e. The second-order valence-corrected chi connectivity index (χ2v) is 3.83. The van der Waals surface area contributed by atoms with Crippen LogP contribution in [-0.2, 0) is 11.2 Å². The number of hydrogen-bond acceptors (Lipinski definition) is 2. The highest BCUT2D eigenvalue weighted by Gasteiger charge is 2.03. The first-order valence-corrected chi connectivity index (χ1v) is 5.33. The van der Waals surface area contributed by atoms with Crippen LogP contribution in [0, 0.1) is 0 Å². The molecule has 0 fully saturated rings. The number of halogens is 1. The maximum absolute atomic E-state index is 10.8. The minimum absolute atomic E-state index is 0.169. The molecule has 0 unspecified atom stereocenters. The Morgan fingerprint density at radius 1 is 1.06 bits per heavy atom. The van der Waals surface area contributed by atoms with Crippen LogP contribution in [0.15, 0.2) is 48.5 Å². The van der Waals surface area contributed by atoms with E-state index in [1.165, 1.54) is 0 Å². The fourth-order valence-electron chi connectivity index (χ4n) is 1.49. The quantitative estimate of drug-likeness (QED) is 0.760. The lowest BCUT2D eigenvalue weighted by Gasteiger charge is -2.02. The van der Waals surface area contributed by atoms with Crippen LogP contribution < -0.4 is 0 Å². The molecule has 1 aromatic carbocycles. The Morgan fingerprint density at radius 3 is 2.50 bits per heavy atom. The summed E-state index contributed by atoms with van der Waals surface area (Å²) in [7, 11) is 0. The molecule has 0 aliphatic rings. The minimum Gasteiger partial charge on any atom is -0.281 e. The van der Waals surface area contributed by atoms with Crippen molar-refractivity contribution in [1.82, 2.24) is 4.98 Å². The molecule has 1 aromatic heterocycles. The van der Waals surface area contributed by atoms with E-state index in [1.807, 2.05) is 42.5 Å². The van der Waals surface area contributed by atoms with Gasteiger partial charge in [0.2, 0.25) is 5.24 Å². The SMILES string of the molecule is O=C(Cl)Cc1cccc(-c2ccccc2)n1. The van der Waals surface area contributed by atoms with Gasteiger partial charge in [0.25, 0.3) is 0 Å². The van der Waals surface area contributed by atoms with Crippen molar-refractivity contribution in [3.63, 3.8) is 0 Å². The predicted molar refractivity (Wildman–Crippen MR) is 64.2 cm³/mol. The number of hydrogen-bond donors (Lipinski definition) is 0. The van der Waals surface area contributed by atoms with Gasteiger partial charge in [-0.2, -0.15) is 0 Å². The third kappa shape index (κ3) is 2.67. The highest BCUT2D eigenvalue weighted by Crippen LogP contribution is 2.16.